The van der Waals surface area contributed by atoms with Gasteiger partial charge in [0.25, 0.3) is 0 Å². The van der Waals surface area contributed by atoms with Crippen molar-refractivity contribution in [3.05, 3.63) is 35.0 Å². The van der Waals surface area contributed by atoms with Crippen molar-refractivity contribution in [3.63, 3.8) is 0 Å². The predicted octanol–water partition coefficient (Wildman–Crippen LogP) is 3.22. The maximum atomic E-state index is 11.8. The van der Waals surface area contributed by atoms with Crippen LogP contribution in [0.4, 0.5) is 11.4 Å². The molecule has 2 rings (SSSR count). The van der Waals surface area contributed by atoms with Crippen LogP contribution in [0.25, 0.3) is 0 Å². The second-order valence-corrected chi connectivity index (χ2v) is 6.46. The molecule has 0 bridgehead atoms. The summed E-state index contributed by atoms with van der Waals surface area (Å²) in [7, 11) is 2.47. The topological polar surface area (TPSA) is 67.9 Å². The molecule has 1 fully saturated rings. The van der Waals surface area contributed by atoms with E-state index in [1.165, 1.54) is 20.6 Å². The Hall–Kier alpha value is -2.21. The molecule has 0 aliphatic carbocycles. The molecular formula is C18H23ClN2O4. The number of carbonyl (C=O) groups excluding carboxylic acids is 2. The van der Waals surface area contributed by atoms with E-state index in [9.17, 15) is 9.59 Å². The van der Waals surface area contributed by atoms with Gasteiger partial charge < -0.3 is 19.7 Å². The first-order valence-corrected chi connectivity index (χ1v) is 8.52. The molecule has 6 nitrogen and oxygen atoms in total. The van der Waals surface area contributed by atoms with Crippen molar-refractivity contribution < 1.29 is 19.1 Å². The lowest BCUT2D eigenvalue weighted by Gasteiger charge is -2.33. The van der Waals surface area contributed by atoms with Crippen LogP contribution in [0.15, 0.2) is 30.0 Å². The highest BCUT2D eigenvalue weighted by molar-refractivity contribution is 6.33. The highest BCUT2D eigenvalue weighted by Gasteiger charge is 2.19. The quantitative estimate of drug-likeness (QED) is 0.637. The lowest BCUT2D eigenvalue weighted by atomic mass is 10.00. The molecular weight excluding hydrogens is 344 g/mol. The van der Waals surface area contributed by atoms with E-state index in [0.717, 1.165) is 31.3 Å². The Morgan fingerprint density at radius 1 is 1.32 bits per heavy atom. The van der Waals surface area contributed by atoms with Gasteiger partial charge in [0.05, 0.1) is 31.0 Å². The van der Waals surface area contributed by atoms with Gasteiger partial charge >= 0.3 is 11.9 Å². The van der Waals surface area contributed by atoms with E-state index in [-0.39, 0.29) is 5.70 Å². The number of benzene rings is 1. The SMILES string of the molecule is COC(=O)/C=C(/Nc1ccc(N2CCCC(C)C2)c(Cl)c1)C(=O)OC. The molecule has 0 amide bonds. The summed E-state index contributed by atoms with van der Waals surface area (Å²) in [5.74, 6) is -0.690. The van der Waals surface area contributed by atoms with Crippen molar-refractivity contribution in [1.29, 1.82) is 0 Å². The second-order valence-electron chi connectivity index (χ2n) is 6.06. The number of ether oxygens (including phenoxy) is 2. The third-order valence-corrected chi connectivity index (χ3v) is 4.40. The summed E-state index contributed by atoms with van der Waals surface area (Å²) in [6, 6.07) is 5.45. The highest BCUT2D eigenvalue weighted by Crippen LogP contribution is 2.32. The first kappa shape index (κ1) is 19.1. The monoisotopic (exact) mass is 366 g/mol. The number of nitrogens with zero attached hydrogens (tertiary/aromatic N) is 1. The Labute approximate surface area is 152 Å². The summed E-state index contributed by atoms with van der Waals surface area (Å²) in [5.41, 5.74) is 1.53. The zero-order chi connectivity index (χ0) is 18.4. The number of nitrogens with one attached hydrogen (secondary N) is 1. The van der Waals surface area contributed by atoms with E-state index < -0.39 is 11.9 Å². The number of halogens is 1. The average Bonchev–Trinajstić information content (AvgIpc) is 2.60. The molecule has 1 heterocycles. The fraction of sp³-hybridized carbons (Fsp3) is 0.444. The molecule has 0 spiro atoms. The zero-order valence-corrected chi connectivity index (χ0v) is 15.4. The Morgan fingerprint density at radius 2 is 2.08 bits per heavy atom. The standard InChI is InChI=1S/C18H23ClN2O4/c1-12-5-4-8-21(11-12)16-7-6-13(9-14(16)19)20-15(18(23)25-3)10-17(22)24-2/h6-7,9-10,12,20H,4-5,8,11H2,1-3H3/b15-10+. The fourth-order valence-corrected chi connectivity index (χ4v) is 3.14. The summed E-state index contributed by atoms with van der Waals surface area (Å²) >= 11 is 6.43. The Bertz CT molecular complexity index is 675. The predicted molar refractivity (Wildman–Crippen MR) is 97.8 cm³/mol. The van der Waals surface area contributed by atoms with Crippen molar-refractivity contribution in [2.45, 2.75) is 19.8 Å². The van der Waals surface area contributed by atoms with Crippen molar-refractivity contribution in [2.75, 3.05) is 37.5 Å². The van der Waals surface area contributed by atoms with E-state index in [2.05, 4.69) is 26.6 Å². The average molecular weight is 367 g/mol. The molecule has 1 saturated heterocycles. The van der Waals surface area contributed by atoms with Gasteiger partial charge in [0, 0.05) is 18.8 Å². The van der Waals surface area contributed by atoms with Crippen LogP contribution in [0.3, 0.4) is 0 Å². The van der Waals surface area contributed by atoms with Crippen LogP contribution in [0.2, 0.25) is 5.02 Å². The normalized spacial score (nSPS) is 17.8. The first-order chi connectivity index (χ1) is 11.9. The Balaban J connectivity index is 2.19. The number of rotatable bonds is 5. The molecule has 1 aliphatic heterocycles. The number of hydrogen-bond acceptors (Lipinski definition) is 6. The second kappa shape index (κ2) is 8.76. The summed E-state index contributed by atoms with van der Waals surface area (Å²) in [6.45, 7) is 4.19. The number of anilines is 2. The largest absolute Gasteiger partial charge is 0.466 e. The molecule has 1 aliphatic rings. The van der Waals surface area contributed by atoms with Gasteiger partial charge in [-0.25, -0.2) is 9.59 Å². The van der Waals surface area contributed by atoms with Crippen LogP contribution in [-0.4, -0.2) is 39.2 Å². The van der Waals surface area contributed by atoms with Gasteiger partial charge in [-0.3, -0.25) is 0 Å². The Kier molecular flexibility index (Phi) is 6.70. The number of methoxy groups -OCH3 is 2. The number of esters is 2. The lowest BCUT2D eigenvalue weighted by molar-refractivity contribution is -0.138. The van der Waals surface area contributed by atoms with Gasteiger partial charge in [0.15, 0.2) is 0 Å². The molecule has 1 N–H and O–H groups in total. The van der Waals surface area contributed by atoms with Gasteiger partial charge in [-0.05, 0) is 37.0 Å². The van der Waals surface area contributed by atoms with E-state index in [1.807, 2.05) is 12.1 Å². The summed E-state index contributed by atoms with van der Waals surface area (Å²) in [4.78, 5) is 25.5. The number of piperidine rings is 1. The molecule has 1 aromatic rings. The van der Waals surface area contributed by atoms with E-state index in [4.69, 9.17) is 11.6 Å². The van der Waals surface area contributed by atoms with Gasteiger partial charge in [0.1, 0.15) is 5.70 Å². The van der Waals surface area contributed by atoms with Crippen molar-refractivity contribution in [1.82, 2.24) is 0 Å². The van der Waals surface area contributed by atoms with Gasteiger partial charge in [-0.1, -0.05) is 18.5 Å². The van der Waals surface area contributed by atoms with Crippen molar-refractivity contribution >= 4 is 34.9 Å². The van der Waals surface area contributed by atoms with Gasteiger partial charge in [0.2, 0.25) is 0 Å². The first-order valence-electron chi connectivity index (χ1n) is 8.14. The molecule has 25 heavy (non-hydrogen) atoms. The number of carbonyl (C=O) groups is 2. The summed E-state index contributed by atoms with van der Waals surface area (Å²) < 4.78 is 9.22. The molecule has 1 unspecified atom stereocenters. The van der Waals surface area contributed by atoms with E-state index >= 15 is 0 Å². The van der Waals surface area contributed by atoms with Crippen LogP contribution in [0.1, 0.15) is 19.8 Å². The van der Waals surface area contributed by atoms with Crippen LogP contribution >= 0.6 is 11.6 Å². The van der Waals surface area contributed by atoms with Crippen LogP contribution in [0.5, 0.6) is 0 Å². The molecule has 1 atom stereocenters. The summed E-state index contributed by atoms with van der Waals surface area (Å²) in [5, 5.41) is 3.44. The minimum atomic E-state index is -0.671. The third kappa shape index (κ3) is 5.13. The Morgan fingerprint density at radius 3 is 2.68 bits per heavy atom. The maximum Gasteiger partial charge on any atom is 0.354 e. The van der Waals surface area contributed by atoms with Crippen LogP contribution in [-0.2, 0) is 19.1 Å². The van der Waals surface area contributed by atoms with Crippen LogP contribution < -0.4 is 10.2 Å². The van der Waals surface area contributed by atoms with Crippen molar-refractivity contribution in [3.8, 4) is 0 Å². The maximum absolute atomic E-state index is 11.8. The zero-order valence-electron chi connectivity index (χ0n) is 14.7. The smallest absolute Gasteiger partial charge is 0.354 e. The van der Waals surface area contributed by atoms with E-state index in [0.29, 0.717) is 16.6 Å². The highest BCUT2D eigenvalue weighted by atomic mass is 35.5. The summed E-state index contributed by atoms with van der Waals surface area (Å²) in [6.07, 6.45) is 3.42. The third-order valence-electron chi connectivity index (χ3n) is 4.09. The number of hydrogen-bond donors (Lipinski definition) is 1. The molecule has 0 radical (unpaired) electrons. The molecule has 1 aromatic carbocycles. The van der Waals surface area contributed by atoms with E-state index in [1.54, 1.807) is 6.07 Å². The van der Waals surface area contributed by atoms with Gasteiger partial charge in [-0.15, -0.1) is 0 Å². The minimum Gasteiger partial charge on any atom is -0.466 e. The van der Waals surface area contributed by atoms with Crippen LogP contribution in [0, 0.1) is 5.92 Å². The molecule has 136 valence electrons. The molecule has 7 heteroatoms. The lowest BCUT2D eigenvalue weighted by Crippen LogP contribution is -2.34. The van der Waals surface area contributed by atoms with Crippen molar-refractivity contribution in [2.24, 2.45) is 5.92 Å². The van der Waals surface area contributed by atoms with Gasteiger partial charge in [-0.2, -0.15) is 0 Å². The molecule has 0 aromatic heterocycles. The minimum absolute atomic E-state index is 0.0234. The fourth-order valence-electron chi connectivity index (χ4n) is 2.84. The molecule has 0 saturated carbocycles.